The van der Waals surface area contributed by atoms with E-state index in [1.165, 1.54) is 18.3 Å². The molecular formula is C24H17BrFN5O2. The monoisotopic (exact) mass is 505 g/mol. The van der Waals surface area contributed by atoms with Gasteiger partial charge in [-0.1, -0.05) is 34.1 Å². The molecule has 0 saturated heterocycles. The summed E-state index contributed by atoms with van der Waals surface area (Å²) in [6.07, 6.45) is 3.11. The van der Waals surface area contributed by atoms with Gasteiger partial charge in [0.2, 0.25) is 0 Å². The van der Waals surface area contributed by atoms with Crippen LogP contribution in [0.25, 0.3) is 16.9 Å². The summed E-state index contributed by atoms with van der Waals surface area (Å²) in [6, 6.07) is 22.1. The number of carbonyl (C=O) groups is 2. The highest BCUT2D eigenvalue weighted by molar-refractivity contribution is 9.10. The molecule has 1 aromatic heterocycles. The Labute approximate surface area is 197 Å². The van der Waals surface area contributed by atoms with Crippen LogP contribution in [0.5, 0.6) is 0 Å². The van der Waals surface area contributed by atoms with Crippen molar-refractivity contribution in [3.8, 4) is 16.9 Å². The van der Waals surface area contributed by atoms with E-state index >= 15 is 0 Å². The number of benzene rings is 3. The fourth-order valence-corrected chi connectivity index (χ4v) is 3.22. The van der Waals surface area contributed by atoms with Crippen molar-refractivity contribution in [3.63, 3.8) is 0 Å². The molecule has 4 rings (SSSR count). The molecule has 0 aliphatic rings. The minimum atomic E-state index is -0.923. The summed E-state index contributed by atoms with van der Waals surface area (Å²) in [6.45, 7) is 0. The molecule has 33 heavy (non-hydrogen) atoms. The average Bonchev–Trinajstić information content (AvgIpc) is 3.25. The maximum atomic E-state index is 13.4. The van der Waals surface area contributed by atoms with Crippen LogP contribution in [0.4, 0.5) is 10.1 Å². The molecule has 9 heteroatoms. The van der Waals surface area contributed by atoms with E-state index in [1.54, 1.807) is 47.3 Å². The van der Waals surface area contributed by atoms with Crippen molar-refractivity contribution in [1.82, 2.24) is 15.2 Å². The molecule has 0 radical (unpaired) electrons. The average molecular weight is 506 g/mol. The van der Waals surface area contributed by atoms with Gasteiger partial charge in [0.1, 0.15) is 11.5 Å². The second-order valence-corrected chi connectivity index (χ2v) is 7.80. The number of carbonyl (C=O) groups excluding carboxylic acids is 2. The minimum absolute atomic E-state index is 0.361. The summed E-state index contributed by atoms with van der Waals surface area (Å²) in [5.41, 5.74) is 5.29. The fraction of sp³-hybridized carbons (Fsp3) is 0. The molecule has 0 bridgehead atoms. The zero-order valence-electron chi connectivity index (χ0n) is 17.1. The number of amides is 2. The molecule has 0 saturated carbocycles. The first-order chi connectivity index (χ1) is 16.0. The van der Waals surface area contributed by atoms with Gasteiger partial charge in [-0.15, -0.1) is 0 Å². The Hall–Kier alpha value is -4.11. The smallest absolute Gasteiger partial charge is 0.318 e. The Morgan fingerprint density at radius 3 is 2.33 bits per heavy atom. The summed E-state index contributed by atoms with van der Waals surface area (Å²) in [7, 11) is 0. The standard InChI is InChI=1S/C24H17BrFN5O2/c25-18-8-12-20(13-9-18)28-23(32)24(33)29-27-14-17-15-31(21-4-2-1-3-5-21)30-22(17)16-6-10-19(26)11-7-16/h1-15H,(H,28,32)(H,29,33). The van der Waals surface area contributed by atoms with Crippen LogP contribution in [-0.2, 0) is 9.59 Å². The quantitative estimate of drug-likeness (QED) is 0.237. The number of anilines is 1. The second kappa shape index (κ2) is 10.0. The van der Waals surface area contributed by atoms with Crippen LogP contribution in [0.3, 0.4) is 0 Å². The molecule has 0 aliphatic heterocycles. The molecule has 0 atom stereocenters. The maximum absolute atomic E-state index is 13.4. The topological polar surface area (TPSA) is 88.4 Å². The van der Waals surface area contributed by atoms with E-state index in [9.17, 15) is 14.0 Å². The number of hydrogen-bond acceptors (Lipinski definition) is 4. The molecule has 0 spiro atoms. The molecular weight excluding hydrogens is 489 g/mol. The Morgan fingerprint density at radius 1 is 0.939 bits per heavy atom. The molecule has 2 N–H and O–H groups in total. The van der Waals surface area contributed by atoms with Crippen molar-refractivity contribution in [2.24, 2.45) is 5.10 Å². The summed E-state index contributed by atoms with van der Waals surface area (Å²) in [5.74, 6) is -2.14. The first kappa shape index (κ1) is 22.1. The molecule has 1 heterocycles. The fourth-order valence-electron chi connectivity index (χ4n) is 2.96. The lowest BCUT2D eigenvalue weighted by Crippen LogP contribution is -2.32. The Balaban J connectivity index is 1.52. The molecule has 0 fully saturated rings. The van der Waals surface area contributed by atoms with Gasteiger partial charge in [-0.3, -0.25) is 9.59 Å². The third kappa shape index (κ3) is 5.58. The highest BCUT2D eigenvalue weighted by atomic mass is 79.9. The number of halogens is 2. The van der Waals surface area contributed by atoms with Crippen molar-refractivity contribution in [2.75, 3.05) is 5.32 Å². The van der Waals surface area contributed by atoms with Crippen LogP contribution in [-0.4, -0.2) is 27.8 Å². The zero-order chi connectivity index (χ0) is 23.2. The lowest BCUT2D eigenvalue weighted by molar-refractivity contribution is -0.136. The maximum Gasteiger partial charge on any atom is 0.329 e. The van der Waals surface area contributed by atoms with Gasteiger partial charge in [0.15, 0.2) is 0 Å². The lowest BCUT2D eigenvalue weighted by Gasteiger charge is -2.03. The molecule has 4 aromatic rings. The van der Waals surface area contributed by atoms with Crippen LogP contribution in [0, 0.1) is 5.82 Å². The van der Waals surface area contributed by atoms with Crippen molar-refractivity contribution in [1.29, 1.82) is 0 Å². The summed E-state index contributed by atoms with van der Waals surface area (Å²) >= 11 is 3.30. The normalized spacial score (nSPS) is 10.8. The van der Waals surface area contributed by atoms with Gasteiger partial charge < -0.3 is 5.32 Å². The van der Waals surface area contributed by atoms with E-state index in [4.69, 9.17) is 0 Å². The number of aromatic nitrogens is 2. The van der Waals surface area contributed by atoms with Gasteiger partial charge >= 0.3 is 11.8 Å². The van der Waals surface area contributed by atoms with E-state index in [2.05, 4.69) is 36.9 Å². The van der Waals surface area contributed by atoms with E-state index in [0.717, 1.165) is 10.2 Å². The number of nitrogens with one attached hydrogen (secondary N) is 2. The summed E-state index contributed by atoms with van der Waals surface area (Å²) in [4.78, 5) is 24.2. The van der Waals surface area contributed by atoms with E-state index in [1.807, 2.05) is 30.3 Å². The summed E-state index contributed by atoms with van der Waals surface area (Å²) < 4.78 is 15.9. The molecule has 0 aliphatic carbocycles. The van der Waals surface area contributed by atoms with Gasteiger partial charge in [0.25, 0.3) is 0 Å². The number of rotatable bonds is 5. The third-order valence-corrected chi connectivity index (χ3v) is 5.09. The number of hydrogen-bond donors (Lipinski definition) is 2. The van der Waals surface area contributed by atoms with Gasteiger partial charge in [-0.2, -0.15) is 10.2 Å². The SMILES string of the molecule is O=C(NN=Cc1cn(-c2ccccc2)nc1-c1ccc(F)cc1)C(=O)Nc1ccc(Br)cc1. The van der Waals surface area contributed by atoms with Crippen molar-refractivity contribution >= 4 is 39.6 Å². The van der Waals surface area contributed by atoms with E-state index < -0.39 is 11.8 Å². The molecule has 2 amide bonds. The van der Waals surface area contributed by atoms with Crippen LogP contribution in [0.2, 0.25) is 0 Å². The number of para-hydroxylation sites is 1. The predicted octanol–water partition coefficient (Wildman–Crippen LogP) is 4.53. The third-order valence-electron chi connectivity index (χ3n) is 4.56. The zero-order valence-corrected chi connectivity index (χ0v) is 18.7. The van der Waals surface area contributed by atoms with Gasteiger partial charge in [0.05, 0.1) is 11.9 Å². The highest BCUT2D eigenvalue weighted by Gasteiger charge is 2.14. The van der Waals surface area contributed by atoms with Gasteiger partial charge in [-0.25, -0.2) is 14.5 Å². The first-order valence-corrected chi connectivity index (χ1v) is 10.6. The largest absolute Gasteiger partial charge is 0.329 e. The lowest BCUT2D eigenvalue weighted by atomic mass is 10.1. The van der Waals surface area contributed by atoms with Crippen molar-refractivity contribution in [2.45, 2.75) is 0 Å². The molecule has 164 valence electrons. The minimum Gasteiger partial charge on any atom is -0.318 e. The Kier molecular flexibility index (Phi) is 6.70. The van der Waals surface area contributed by atoms with Gasteiger partial charge in [0, 0.05) is 27.5 Å². The van der Waals surface area contributed by atoms with Crippen molar-refractivity contribution in [3.05, 3.63) is 101 Å². The van der Waals surface area contributed by atoms with Crippen molar-refractivity contribution < 1.29 is 14.0 Å². The second-order valence-electron chi connectivity index (χ2n) is 6.88. The first-order valence-electron chi connectivity index (χ1n) is 9.80. The highest BCUT2D eigenvalue weighted by Crippen LogP contribution is 2.23. The van der Waals surface area contributed by atoms with E-state index in [-0.39, 0.29) is 5.82 Å². The van der Waals surface area contributed by atoms with Crippen LogP contribution < -0.4 is 10.7 Å². The summed E-state index contributed by atoms with van der Waals surface area (Å²) in [5, 5.41) is 11.0. The molecule has 3 aromatic carbocycles. The Bertz CT molecular complexity index is 1300. The van der Waals surface area contributed by atoms with E-state index in [0.29, 0.717) is 22.5 Å². The van der Waals surface area contributed by atoms with Gasteiger partial charge in [-0.05, 0) is 60.7 Å². The molecule has 7 nitrogen and oxygen atoms in total. The van der Waals surface area contributed by atoms with Crippen LogP contribution in [0.1, 0.15) is 5.56 Å². The number of hydrazone groups is 1. The number of nitrogens with zero attached hydrogens (tertiary/aromatic N) is 3. The predicted molar refractivity (Wildman–Crippen MR) is 127 cm³/mol. The van der Waals surface area contributed by atoms with Crippen LogP contribution in [0.15, 0.2) is 94.6 Å². The van der Waals surface area contributed by atoms with Crippen LogP contribution >= 0.6 is 15.9 Å². The Morgan fingerprint density at radius 2 is 1.64 bits per heavy atom. The molecule has 0 unspecified atom stereocenters.